The Morgan fingerprint density at radius 1 is 1.30 bits per heavy atom. The molecule has 1 aliphatic carbocycles. The van der Waals surface area contributed by atoms with Crippen LogP contribution < -0.4 is 5.32 Å². The summed E-state index contributed by atoms with van der Waals surface area (Å²) in [5, 5.41) is 14.4. The summed E-state index contributed by atoms with van der Waals surface area (Å²) in [6.45, 7) is 0.958. The summed E-state index contributed by atoms with van der Waals surface area (Å²) in [6.07, 6.45) is 6.35. The second-order valence-electron chi connectivity index (χ2n) is 5.64. The van der Waals surface area contributed by atoms with Crippen LogP contribution in [0.2, 0.25) is 0 Å². The van der Waals surface area contributed by atoms with Crippen LogP contribution in [0.1, 0.15) is 31.2 Å². The van der Waals surface area contributed by atoms with Gasteiger partial charge in [-0.2, -0.15) is 0 Å². The van der Waals surface area contributed by atoms with Crippen molar-refractivity contribution >= 4 is 26.8 Å². The molecule has 0 aliphatic heterocycles. The number of aliphatic hydroxyl groups excluding tert-OH is 1. The predicted octanol–water partition coefficient (Wildman–Crippen LogP) is 3.39. The van der Waals surface area contributed by atoms with Gasteiger partial charge in [0.15, 0.2) is 0 Å². The SMILES string of the molecule is OCC1(NCc2cc(Br)cc3cccnc23)CCCC1. The van der Waals surface area contributed by atoms with Gasteiger partial charge in [0.25, 0.3) is 0 Å². The molecule has 2 N–H and O–H groups in total. The molecule has 106 valence electrons. The summed E-state index contributed by atoms with van der Waals surface area (Å²) >= 11 is 3.56. The van der Waals surface area contributed by atoms with Gasteiger partial charge in [0.1, 0.15) is 0 Å². The van der Waals surface area contributed by atoms with E-state index >= 15 is 0 Å². The van der Waals surface area contributed by atoms with Gasteiger partial charge in [0.2, 0.25) is 0 Å². The molecule has 3 nitrogen and oxygen atoms in total. The molecule has 3 rings (SSSR count). The number of benzene rings is 1. The van der Waals surface area contributed by atoms with Gasteiger partial charge in [-0.1, -0.05) is 34.8 Å². The van der Waals surface area contributed by atoms with Crippen LogP contribution in [-0.4, -0.2) is 22.2 Å². The number of hydrogen-bond donors (Lipinski definition) is 2. The van der Waals surface area contributed by atoms with Gasteiger partial charge in [-0.15, -0.1) is 0 Å². The number of halogens is 1. The molecule has 4 heteroatoms. The molecular formula is C16H19BrN2O. The Bertz CT molecular complexity index is 608. The van der Waals surface area contributed by atoms with Gasteiger partial charge in [-0.05, 0) is 36.6 Å². The Morgan fingerprint density at radius 2 is 2.10 bits per heavy atom. The molecule has 1 aromatic carbocycles. The summed E-state index contributed by atoms with van der Waals surface area (Å²) in [4.78, 5) is 4.49. The van der Waals surface area contributed by atoms with Gasteiger partial charge in [-0.25, -0.2) is 0 Å². The van der Waals surface area contributed by atoms with Crippen LogP contribution in [0, 0.1) is 0 Å². The third kappa shape index (κ3) is 2.73. The fraction of sp³-hybridized carbons (Fsp3) is 0.438. The summed E-state index contributed by atoms with van der Waals surface area (Å²) < 4.78 is 1.07. The van der Waals surface area contributed by atoms with Crippen molar-refractivity contribution in [2.24, 2.45) is 0 Å². The minimum atomic E-state index is -0.0938. The quantitative estimate of drug-likeness (QED) is 0.900. The van der Waals surface area contributed by atoms with E-state index in [0.29, 0.717) is 0 Å². The summed E-state index contributed by atoms with van der Waals surface area (Å²) in [7, 11) is 0. The molecule has 1 heterocycles. The van der Waals surface area contributed by atoms with E-state index in [2.05, 4.69) is 44.4 Å². The van der Waals surface area contributed by atoms with E-state index in [9.17, 15) is 5.11 Å². The average Bonchev–Trinajstić information content (AvgIpc) is 2.94. The zero-order valence-electron chi connectivity index (χ0n) is 11.4. The van der Waals surface area contributed by atoms with Crippen molar-refractivity contribution in [2.45, 2.75) is 37.8 Å². The van der Waals surface area contributed by atoms with Crippen molar-refractivity contribution in [3.05, 3.63) is 40.5 Å². The van der Waals surface area contributed by atoms with Crippen LogP contribution in [-0.2, 0) is 6.54 Å². The van der Waals surface area contributed by atoms with Crippen LogP contribution >= 0.6 is 15.9 Å². The number of aliphatic hydroxyl groups is 1. The molecule has 20 heavy (non-hydrogen) atoms. The maximum absolute atomic E-state index is 9.68. The number of pyridine rings is 1. The van der Waals surface area contributed by atoms with Crippen molar-refractivity contribution in [1.82, 2.24) is 10.3 Å². The summed E-state index contributed by atoms with van der Waals surface area (Å²) in [5.41, 5.74) is 2.12. The monoisotopic (exact) mass is 334 g/mol. The highest BCUT2D eigenvalue weighted by atomic mass is 79.9. The molecule has 0 bridgehead atoms. The first-order valence-corrected chi connectivity index (χ1v) is 7.91. The zero-order chi connectivity index (χ0) is 14.0. The molecule has 1 aromatic heterocycles. The van der Waals surface area contributed by atoms with Gasteiger partial charge < -0.3 is 10.4 Å². The van der Waals surface area contributed by atoms with Crippen molar-refractivity contribution in [3.63, 3.8) is 0 Å². The van der Waals surface area contributed by atoms with E-state index in [1.54, 1.807) is 0 Å². The number of fused-ring (bicyclic) bond motifs is 1. The lowest BCUT2D eigenvalue weighted by molar-refractivity contribution is 0.163. The van der Waals surface area contributed by atoms with Crippen LogP contribution in [0.3, 0.4) is 0 Å². The molecule has 1 saturated carbocycles. The van der Waals surface area contributed by atoms with E-state index in [0.717, 1.165) is 34.8 Å². The topological polar surface area (TPSA) is 45.1 Å². The van der Waals surface area contributed by atoms with E-state index in [-0.39, 0.29) is 12.1 Å². The van der Waals surface area contributed by atoms with Crippen LogP contribution in [0.15, 0.2) is 34.9 Å². The Hall–Kier alpha value is -0.970. The average molecular weight is 335 g/mol. The molecule has 0 saturated heterocycles. The molecule has 0 atom stereocenters. The molecule has 0 unspecified atom stereocenters. The van der Waals surface area contributed by atoms with Gasteiger partial charge in [0, 0.05) is 28.1 Å². The Balaban J connectivity index is 1.87. The fourth-order valence-electron chi connectivity index (χ4n) is 3.09. The van der Waals surface area contributed by atoms with Crippen molar-refractivity contribution in [3.8, 4) is 0 Å². The lowest BCUT2D eigenvalue weighted by atomic mass is 9.98. The fourth-order valence-corrected chi connectivity index (χ4v) is 3.61. The lowest BCUT2D eigenvalue weighted by Gasteiger charge is -2.28. The standard InChI is InChI=1S/C16H19BrN2O/c17-14-8-12-4-3-7-18-15(12)13(9-14)10-19-16(11-20)5-1-2-6-16/h3-4,7-9,19-20H,1-2,5-6,10-11H2. The molecule has 2 aromatic rings. The van der Waals surface area contributed by atoms with E-state index in [1.807, 2.05) is 12.3 Å². The van der Waals surface area contributed by atoms with E-state index in [1.165, 1.54) is 18.4 Å². The maximum atomic E-state index is 9.68. The number of nitrogens with zero attached hydrogens (tertiary/aromatic N) is 1. The molecular weight excluding hydrogens is 316 g/mol. The Labute approximate surface area is 127 Å². The van der Waals surface area contributed by atoms with Gasteiger partial charge >= 0.3 is 0 Å². The van der Waals surface area contributed by atoms with Crippen LogP contribution in [0.5, 0.6) is 0 Å². The first-order chi connectivity index (χ1) is 9.72. The molecule has 0 amide bonds. The second-order valence-corrected chi connectivity index (χ2v) is 6.55. The molecule has 0 spiro atoms. The highest BCUT2D eigenvalue weighted by Crippen LogP contribution is 2.30. The highest BCUT2D eigenvalue weighted by Gasteiger charge is 2.32. The highest BCUT2D eigenvalue weighted by molar-refractivity contribution is 9.10. The third-order valence-corrected chi connectivity index (χ3v) is 4.72. The molecule has 1 fully saturated rings. The Morgan fingerprint density at radius 3 is 2.85 bits per heavy atom. The maximum Gasteiger partial charge on any atom is 0.0747 e. The number of nitrogens with one attached hydrogen (secondary N) is 1. The van der Waals surface area contributed by atoms with Crippen molar-refractivity contribution in [1.29, 1.82) is 0 Å². The van der Waals surface area contributed by atoms with Crippen molar-refractivity contribution in [2.75, 3.05) is 6.61 Å². The van der Waals surface area contributed by atoms with E-state index < -0.39 is 0 Å². The molecule has 1 aliphatic rings. The molecule has 0 radical (unpaired) electrons. The van der Waals surface area contributed by atoms with Crippen LogP contribution in [0.4, 0.5) is 0 Å². The Kier molecular flexibility index (Phi) is 4.06. The van der Waals surface area contributed by atoms with Gasteiger partial charge in [-0.3, -0.25) is 4.98 Å². The number of hydrogen-bond acceptors (Lipinski definition) is 3. The first-order valence-electron chi connectivity index (χ1n) is 7.11. The first kappa shape index (κ1) is 14.0. The van der Waals surface area contributed by atoms with Crippen LogP contribution in [0.25, 0.3) is 10.9 Å². The van der Waals surface area contributed by atoms with Crippen molar-refractivity contribution < 1.29 is 5.11 Å². The number of aromatic nitrogens is 1. The number of rotatable bonds is 4. The lowest BCUT2D eigenvalue weighted by Crippen LogP contribution is -2.45. The summed E-state index contributed by atoms with van der Waals surface area (Å²) in [5.74, 6) is 0. The van der Waals surface area contributed by atoms with E-state index in [4.69, 9.17) is 0 Å². The van der Waals surface area contributed by atoms with Gasteiger partial charge in [0.05, 0.1) is 12.1 Å². The zero-order valence-corrected chi connectivity index (χ0v) is 13.0. The minimum Gasteiger partial charge on any atom is -0.394 e. The summed E-state index contributed by atoms with van der Waals surface area (Å²) in [6, 6.07) is 8.23. The smallest absolute Gasteiger partial charge is 0.0747 e. The second kappa shape index (κ2) is 5.80. The minimum absolute atomic E-state index is 0.0938. The third-order valence-electron chi connectivity index (χ3n) is 4.27. The normalized spacial score (nSPS) is 17.7. The predicted molar refractivity (Wildman–Crippen MR) is 84.6 cm³/mol. The largest absolute Gasteiger partial charge is 0.394 e.